The third kappa shape index (κ3) is 4.82. The largest absolute Gasteiger partial charge is 0.461 e. The summed E-state index contributed by atoms with van der Waals surface area (Å²) in [6, 6.07) is 8.92. The molecule has 3 aromatic heterocycles. The van der Waals surface area contributed by atoms with Crippen LogP contribution in [0.15, 0.2) is 55.2 Å². The standard InChI is InChI=1S/C21H20ClN7O3/c1-13(2)31-11-17(19(30)28-21-23-8-5-9-24-21)32-20-14-10-27-29(18(14)25-12-26-20)16-7-4-3-6-15(16)22/h3-10,12-13,17H,11H2,1-2H3,(H,23,24,28,30). The molecule has 4 aromatic rings. The molecule has 1 amide bonds. The van der Waals surface area contributed by atoms with Crippen LogP contribution in [0.25, 0.3) is 16.7 Å². The molecule has 0 aliphatic heterocycles. The van der Waals surface area contributed by atoms with Crippen LogP contribution in [0.1, 0.15) is 13.8 Å². The topological polar surface area (TPSA) is 117 Å². The number of amides is 1. The molecule has 1 aromatic carbocycles. The number of carbonyl (C=O) groups is 1. The molecular weight excluding hydrogens is 434 g/mol. The number of aromatic nitrogens is 6. The number of carbonyl (C=O) groups excluding carboxylic acids is 1. The van der Waals surface area contributed by atoms with Crippen LogP contribution in [0.2, 0.25) is 5.02 Å². The lowest BCUT2D eigenvalue weighted by Crippen LogP contribution is -2.38. The number of nitrogens with one attached hydrogen (secondary N) is 1. The predicted octanol–water partition coefficient (Wildman–Crippen LogP) is 3.07. The molecular formula is C21H20ClN7O3. The van der Waals surface area contributed by atoms with Gasteiger partial charge in [0.1, 0.15) is 11.7 Å². The van der Waals surface area contributed by atoms with Gasteiger partial charge in [0.25, 0.3) is 5.91 Å². The third-order valence-electron chi connectivity index (χ3n) is 4.34. The Kier molecular flexibility index (Phi) is 6.52. The molecule has 10 nitrogen and oxygen atoms in total. The zero-order valence-electron chi connectivity index (χ0n) is 17.3. The monoisotopic (exact) mass is 453 g/mol. The van der Waals surface area contributed by atoms with Crippen molar-refractivity contribution in [2.75, 3.05) is 11.9 Å². The lowest BCUT2D eigenvalue weighted by molar-refractivity contribution is -0.126. The van der Waals surface area contributed by atoms with E-state index in [9.17, 15) is 4.79 Å². The fraction of sp³-hybridized carbons (Fsp3) is 0.238. The molecule has 3 heterocycles. The predicted molar refractivity (Wildman–Crippen MR) is 118 cm³/mol. The van der Waals surface area contributed by atoms with Gasteiger partial charge < -0.3 is 9.47 Å². The van der Waals surface area contributed by atoms with Crippen LogP contribution in [0, 0.1) is 0 Å². The van der Waals surface area contributed by atoms with Gasteiger partial charge in [0.2, 0.25) is 17.9 Å². The average molecular weight is 454 g/mol. The smallest absolute Gasteiger partial charge is 0.270 e. The number of ether oxygens (including phenoxy) is 2. The van der Waals surface area contributed by atoms with Crippen LogP contribution in [0.5, 0.6) is 5.88 Å². The van der Waals surface area contributed by atoms with Gasteiger partial charge in [0, 0.05) is 12.4 Å². The molecule has 0 aliphatic carbocycles. The highest BCUT2D eigenvalue weighted by Gasteiger charge is 2.25. The van der Waals surface area contributed by atoms with Crippen molar-refractivity contribution >= 4 is 34.5 Å². The minimum Gasteiger partial charge on any atom is -0.461 e. The van der Waals surface area contributed by atoms with Crippen LogP contribution in [0.4, 0.5) is 5.95 Å². The Morgan fingerprint density at radius 2 is 1.91 bits per heavy atom. The highest BCUT2D eigenvalue weighted by atomic mass is 35.5. The molecule has 0 radical (unpaired) electrons. The van der Waals surface area contributed by atoms with Gasteiger partial charge in [-0.2, -0.15) is 5.10 Å². The molecule has 1 atom stereocenters. The Balaban J connectivity index is 1.63. The van der Waals surface area contributed by atoms with Crippen LogP contribution in [-0.4, -0.2) is 54.4 Å². The van der Waals surface area contributed by atoms with Crippen molar-refractivity contribution in [3.05, 3.63) is 60.3 Å². The van der Waals surface area contributed by atoms with E-state index in [0.29, 0.717) is 21.7 Å². The zero-order chi connectivity index (χ0) is 22.5. The number of halogens is 1. The Bertz CT molecular complexity index is 1220. The first-order valence-electron chi connectivity index (χ1n) is 9.82. The van der Waals surface area contributed by atoms with E-state index < -0.39 is 12.0 Å². The summed E-state index contributed by atoms with van der Waals surface area (Å²) < 4.78 is 13.2. The van der Waals surface area contributed by atoms with Crippen molar-refractivity contribution in [2.24, 2.45) is 0 Å². The number of hydrogen-bond acceptors (Lipinski definition) is 8. The first kappa shape index (κ1) is 21.6. The fourth-order valence-electron chi connectivity index (χ4n) is 2.85. The van der Waals surface area contributed by atoms with Crippen molar-refractivity contribution in [3.63, 3.8) is 0 Å². The molecule has 164 valence electrons. The molecule has 0 spiro atoms. The molecule has 4 rings (SSSR count). The summed E-state index contributed by atoms with van der Waals surface area (Å²) in [7, 11) is 0. The van der Waals surface area contributed by atoms with E-state index in [-0.39, 0.29) is 24.5 Å². The maximum Gasteiger partial charge on any atom is 0.270 e. The minimum atomic E-state index is -1.01. The molecule has 0 aliphatic rings. The summed E-state index contributed by atoms with van der Waals surface area (Å²) in [5.41, 5.74) is 1.14. The SMILES string of the molecule is CC(C)OCC(Oc1ncnc2c1cnn2-c1ccccc1Cl)C(=O)Nc1ncccn1. The Hall–Kier alpha value is -3.63. The second-order valence-electron chi connectivity index (χ2n) is 6.97. The number of rotatable bonds is 8. The third-order valence-corrected chi connectivity index (χ3v) is 4.66. The van der Waals surface area contributed by atoms with Crippen molar-refractivity contribution in [1.82, 2.24) is 29.7 Å². The van der Waals surface area contributed by atoms with Crippen molar-refractivity contribution in [1.29, 1.82) is 0 Å². The van der Waals surface area contributed by atoms with Gasteiger partial charge in [0.05, 0.1) is 29.6 Å². The van der Waals surface area contributed by atoms with Crippen LogP contribution in [-0.2, 0) is 9.53 Å². The van der Waals surface area contributed by atoms with E-state index in [1.807, 2.05) is 32.0 Å². The van der Waals surface area contributed by atoms with E-state index in [1.54, 1.807) is 23.0 Å². The maximum absolute atomic E-state index is 12.9. The van der Waals surface area contributed by atoms with E-state index in [0.717, 1.165) is 0 Å². The minimum absolute atomic E-state index is 0.000477. The van der Waals surface area contributed by atoms with Gasteiger partial charge >= 0.3 is 0 Å². The summed E-state index contributed by atoms with van der Waals surface area (Å²) in [4.78, 5) is 29.4. The van der Waals surface area contributed by atoms with Gasteiger partial charge in [-0.25, -0.2) is 24.6 Å². The van der Waals surface area contributed by atoms with E-state index in [1.165, 1.54) is 18.7 Å². The van der Waals surface area contributed by atoms with Gasteiger partial charge in [-0.1, -0.05) is 23.7 Å². The fourth-order valence-corrected chi connectivity index (χ4v) is 3.06. The molecule has 0 saturated carbocycles. The lowest BCUT2D eigenvalue weighted by atomic mass is 10.3. The molecule has 1 N–H and O–H groups in total. The quantitative estimate of drug-likeness (QED) is 0.432. The Morgan fingerprint density at radius 3 is 2.66 bits per heavy atom. The number of hydrogen-bond donors (Lipinski definition) is 1. The Morgan fingerprint density at radius 1 is 1.12 bits per heavy atom. The second kappa shape index (κ2) is 9.67. The van der Waals surface area contributed by atoms with Crippen LogP contribution >= 0.6 is 11.6 Å². The van der Waals surface area contributed by atoms with E-state index >= 15 is 0 Å². The van der Waals surface area contributed by atoms with Crippen molar-refractivity contribution in [2.45, 2.75) is 26.1 Å². The molecule has 32 heavy (non-hydrogen) atoms. The average Bonchev–Trinajstić information content (AvgIpc) is 3.22. The normalized spacial score (nSPS) is 12.1. The molecule has 0 bridgehead atoms. The summed E-state index contributed by atoms with van der Waals surface area (Å²) in [6.07, 6.45) is 4.84. The summed E-state index contributed by atoms with van der Waals surface area (Å²) in [6.45, 7) is 3.73. The van der Waals surface area contributed by atoms with E-state index in [4.69, 9.17) is 21.1 Å². The second-order valence-corrected chi connectivity index (χ2v) is 7.38. The highest BCUT2D eigenvalue weighted by Crippen LogP contribution is 2.27. The maximum atomic E-state index is 12.9. The first-order chi connectivity index (χ1) is 15.5. The highest BCUT2D eigenvalue weighted by molar-refractivity contribution is 6.32. The van der Waals surface area contributed by atoms with Crippen molar-refractivity contribution in [3.8, 4) is 11.6 Å². The number of fused-ring (bicyclic) bond motifs is 1. The molecule has 11 heteroatoms. The number of anilines is 1. The number of nitrogens with zero attached hydrogens (tertiary/aromatic N) is 6. The summed E-state index contributed by atoms with van der Waals surface area (Å²) in [5, 5.41) is 8.04. The lowest BCUT2D eigenvalue weighted by Gasteiger charge is -2.19. The summed E-state index contributed by atoms with van der Waals surface area (Å²) >= 11 is 6.31. The zero-order valence-corrected chi connectivity index (χ0v) is 18.1. The van der Waals surface area contributed by atoms with Gasteiger partial charge in [-0.15, -0.1) is 0 Å². The van der Waals surface area contributed by atoms with Crippen molar-refractivity contribution < 1.29 is 14.3 Å². The number of para-hydroxylation sites is 1. The van der Waals surface area contributed by atoms with Gasteiger partial charge in [-0.3, -0.25) is 10.1 Å². The van der Waals surface area contributed by atoms with Gasteiger partial charge in [-0.05, 0) is 32.0 Å². The first-order valence-corrected chi connectivity index (χ1v) is 10.2. The molecule has 0 saturated heterocycles. The summed E-state index contributed by atoms with van der Waals surface area (Å²) in [5.74, 6) is -0.119. The Labute approximate surface area is 188 Å². The number of benzene rings is 1. The van der Waals surface area contributed by atoms with Gasteiger partial charge in [0.15, 0.2) is 5.65 Å². The molecule has 0 fully saturated rings. The van der Waals surface area contributed by atoms with Crippen LogP contribution in [0.3, 0.4) is 0 Å². The van der Waals surface area contributed by atoms with E-state index in [2.05, 4.69) is 30.4 Å². The molecule has 1 unspecified atom stereocenters. The van der Waals surface area contributed by atoms with Crippen LogP contribution < -0.4 is 10.1 Å².